The SMILES string of the molecule is Nc1ccc(N(N)c2ccccc2)c(S(=O)(=O)O)c1. The fourth-order valence-corrected chi connectivity index (χ4v) is 2.38. The second-order valence-corrected chi connectivity index (χ2v) is 5.30. The zero-order chi connectivity index (χ0) is 14.0. The molecule has 0 unspecified atom stereocenters. The van der Waals surface area contributed by atoms with Crippen molar-refractivity contribution in [2.24, 2.45) is 5.84 Å². The van der Waals surface area contributed by atoms with E-state index in [-0.39, 0.29) is 16.3 Å². The van der Waals surface area contributed by atoms with E-state index in [0.29, 0.717) is 5.69 Å². The molecule has 2 aromatic rings. The van der Waals surface area contributed by atoms with Gasteiger partial charge < -0.3 is 5.73 Å². The van der Waals surface area contributed by atoms with E-state index in [2.05, 4.69) is 0 Å². The van der Waals surface area contributed by atoms with E-state index < -0.39 is 10.1 Å². The summed E-state index contributed by atoms with van der Waals surface area (Å²) in [5.41, 5.74) is 6.47. The Morgan fingerprint density at radius 2 is 1.68 bits per heavy atom. The molecule has 19 heavy (non-hydrogen) atoms. The number of nitrogens with zero attached hydrogens (tertiary/aromatic N) is 1. The molecule has 0 saturated carbocycles. The molecule has 0 saturated heterocycles. The predicted octanol–water partition coefficient (Wildman–Crippen LogP) is 1.53. The topological polar surface area (TPSA) is 110 Å². The number of benzene rings is 2. The van der Waals surface area contributed by atoms with Crippen LogP contribution in [0, 0.1) is 0 Å². The van der Waals surface area contributed by atoms with Crippen LogP contribution in [0.25, 0.3) is 0 Å². The Bertz CT molecular complexity index is 687. The van der Waals surface area contributed by atoms with Gasteiger partial charge in [0.2, 0.25) is 0 Å². The molecule has 0 spiro atoms. The van der Waals surface area contributed by atoms with Gasteiger partial charge in [-0.25, -0.2) is 5.84 Å². The Morgan fingerprint density at radius 1 is 1.05 bits per heavy atom. The van der Waals surface area contributed by atoms with Crippen molar-refractivity contribution in [2.75, 3.05) is 10.7 Å². The molecule has 0 fully saturated rings. The fraction of sp³-hybridized carbons (Fsp3) is 0. The third-order valence-corrected chi connectivity index (χ3v) is 3.44. The lowest BCUT2D eigenvalue weighted by molar-refractivity contribution is 0.483. The van der Waals surface area contributed by atoms with Gasteiger partial charge in [0.25, 0.3) is 10.1 Å². The minimum atomic E-state index is -4.41. The van der Waals surface area contributed by atoms with Crippen LogP contribution >= 0.6 is 0 Å². The van der Waals surface area contributed by atoms with E-state index in [0.717, 1.165) is 6.07 Å². The normalized spacial score (nSPS) is 11.3. The van der Waals surface area contributed by atoms with Crippen molar-refractivity contribution in [1.29, 1.82) is 0 Å². The van der Waals surface area contributed by atoms with Crippen molar-refractivity contribution in [3.05, 3.63) is 48.5 Å². The van der Waals surface area contributed by atoms with E-state index in [1.54, 1.807) is 24.3 Å². The predicted molar refractivity (Wildman–Crippen MR) is 73.4 cm³/mol. The van der Waals surface area contributed by atoms with Crippen LogP contribution in [0.15, 0.2) is 53.4 Å². The van der Waals surface area contributed by atoms with Crippen molar-refractivity contribution < 1.29 is 13.0 Å². The monoisotopic (exact) mass is 279 g/mol. The lowest BCUT2D eigenvalue weighted by Gasteiger charge is -2.21. The van der Waals surface area contributed by atoms with Gasteiger partial charge in [0.1, 0.15) is 4.90 Å². The molecule has 7 heteroatoms. The number of hydrazine groups is 1. The van der Waals surface area contributed by atoms with Crippen LogP contribution in [-0.2, 0) is 10.1 Å². The van der Waals surface area contributed by atoms with E-state index >= 15 is 0 Å². The summed E-state index contributed by atoms with van der Waals surface area (Å²) in [5.74, 6) is 5.88. The molecule has 0 atom stereocenters. The Hall–Kier alpha value is -2.09. The van der Waals surface area contributed by atoms with Crippen LogP contribution in [0.1, 0.15) is 0 Å². The highest BCUT2D eigenvalue weighted by atomic mass is 32.2. The Morgan fingerprint density at radius 3 is 2.26 bits per heavy atom. The quantitative estimate of drug-likeness (QED) is 0.340. The van der Waals surface area contributed by atoms with Crippen molar-refractivity contribution in [2.45, 2.75) is 4.90 Å². The minimum Gasteiger partial charge on any atom is -0.399 e. The molecule has 6 nitrogen and oxygen atoms in total. The molecule has 0 radical (unpaired) electrons. The Balaban J connectivity index is 2.57. The second-order valence-electron chi connectivity index (χ2n) is 3.91. The molecule has 0 aliphatic rings. The number of hydrogen-bond acceptors (Lipinski definition) is 5. The van der Waals surface area contributed by atoms with Crippen LogP contribution < -0.4 is 16.6 Å². The lowest BCUT2D eigenvalue weighted by atomic mass is 10.2. The van der Waals surface area contributed by atoms with Gasteiger partial charge in [-0.15, -0.1) is 0 Å². The summed E-state index contributed by atoms with van der Waals surface area (Å²) < 4.78 is 31.9. The number of nitrogens with two attached hydrogens (primary N) is 2. The first-order valence-electron chi connectivity index (χ1n) is 5.36. The zero-order valence-electron chi connectivity index (χ0n) is 9.89. The molecule has 0 bridgehead atoms. The first kappa shape index (κ1) is 13.3. The standard InChI is InChI=1S/C12H13N3O3S/c13-9-6-7-11(12(8-9)19(16,17)18)15(14)10-4-2-1-3-5-10/h1-8H,13-14H2,(H,16,17,18). The molecule has 2 rings (SSSR count). The molecular weight excluding hydrogens is 266 g/mol. The summed E-state index contributed by atoms with van der Waals surface area (Å²) in [6, 6.07) is 12.9. The highest BCUT2D eigenvalue weighted by Gasteiger charge is 2.19. The number of hydrogen-bond donors (Lipinski definition) is 3. The maximum atomic E-state index is 11.4. The van der Waals surface area contributed by atoms with Gasteiger partial charge in [-0.05, 0) is 30.3 Å². The second kappa shape index (κ2) is 4.88. The van der Waals surface area contributed by atoms with Crippen molar-refractivity contribution >= 4 is 27.2 Å². The highest BCUT2D eigenvalue weighted by molar-refractivity contribution is 7.86. The van der Waals surface area contributed by atoms with Gasteiger partial charge in [0.15, 0.2) is 0 Å². The van der Waals surface area contributed by atoms with Crippen LogP contribution in [0.4, 0.5) is 17.1 Å². The highest BCUT2D eigenvalue weighted by Crippen LogP contribution is 2.30. The summed E-state index contributed by atoms with van der Waals surface area (Å²) in [4.78, 5) is -0.334. The summed E-state index contributed by atoms with van der Waals surface area (Å²) in [6.07, 6.45) is 0. The van der Waals surface area contributed by atoms with Crippen LogP contribution in [0.5, 0.6) is 0 Å². The molecule has 0 aromatic heterocycles. The maximum absolute atomic E-state index is 11.4. The summed E-state index contributed by atoms with van der Waals surface area (Å²) in [7, 11) is -4.41. The van der Waals surface area contributed by atoms with E-state index in [1.807, 2.05) is 6.07 Å². The fourth-order valence-electron chi connectivity index (χ4n) is 1.66. The van der Waals surface area contributed by atoms with Crippen molar-refractivity contribution in [3.63, 3.8) is 0 Å². The molecule has 0 amide bonds. The molecule has 0 aliphatic carbocycles. The average molecular weight is 279 g/mol. The molecule has 100 valence electrons. The number of rotatable bonds is 3. The molecule has 2 aromatic carbocycles. The first-order chi connectivity index (χ1) is 8.89. The van der Waals surface area contributed by atoms with Crippen molar-refractivity contribution in [1.82, 2.24) is 0 Å². The Kier molecular flexibility index (Phi) is 3.43. The van der Waals surface area contributed by atoms with Crippen LogP contribution in [0.2, 0.25) is 0 Å². The third-order valence-electron chi connectivity index (χ3n) is 2.56. The Labute approximate surface area is 111 Å². The third kappa shape index (κ3) is 2.84. The smallest absolute Gasteiger partial charge is 0.296 e. The van der Waals surface area contributed by atoms with E-state index in [4.69, 9.17) is 11.6 Å². The van der Waals surface area contributed by atoms with Gasteiger partial charge in [-0.1, -0.05) is 18.2 Å². The summed E-state index contributed by atoms with van der Waals surface area (Å²) >= 11 is 0. The van der Waals surface area contributed by atoms with Crippen LogP contribution in [-0.4, -0.2) is 13.0 Å². The lowest BCUT2D eigenvalue weighted by Crippen LogP contribution is -2.26. The van der Waals surface area contributed by atoms with Gasteiger partial charge in [0.05, 0.1) is 11.4 Å². The van der Waals surface area contributed by atoms with Gasteiger partial charge in [-0.2, -0.15) is 8.42 Å². The summed E-state index contributed by atoms with van der Waals surface area (Å²) in [6.45, 7) is 0. The largest absolute Gasteiger partial charge is 0.399 e. The first-order valence-corrected chi connectivity index (χ1v) is 6.80. The molecule has 0 aliphatic heterocycles. The van der Waals surface area contributed by atoms with Gasteiger partial charge >= 0.3 is 0 Å². The van der Waals surface area contributed by atoms with E-state index in [9.17, 15) is 13.0 Å². The molecular formula is C12H13N3O3S. The maximum Gasteiger partial charge on any atom is 0.296 e. The van der Waals surface area contributed by atoms with Crippen LogP contribution in [0.3, 0.4) is 0 Å². The van der Waals surface area contributed by atoms with Gasteiger partial charge in [-0.3, -0.25) is 9.56 Å². The summed E-state index contributed by atoms with van der Waals surface area (Å²) in [5, 5.41) is 1.17. The average Bonchev–Trinajstić information content (AvgIpc) is 2.38. The molecule has 5 N–H and O–H groups in total. The van der Waals surface area contributed by atoms with E-state index in [1.165, 1.54) is 17.1 Å². The molecule has 0 heterocycles. The minimum absolute atomic E-state index is 0.142. The van der Waals surface area contributed by atoms with Crippen molar-refractivity contribution in [3.8, 4) is 0 Å². The number of para-hydroxylation sites is 1. The van der Waals surface area contributed by atoms with Gasteiger partial charge in [0, 0.05) is 5.69 Å². The number of anilines is 3. The zero-order valence-corrected chi connectivity index (χ0v) is 10.7. The number of nitrogen functional groups attached to an aromatic ring is 1.